The van der Waals surface area contributed by atoms with Gasteiger partial charge in [-0.1, -0.05) is 12.1 Å². The molecule has 4 rings (SSSR count). The summed E-state index contributed by atoms with van der Waals surface area (Å²) in [7, 11) is 4.07. The van der Waals surface area contributed by atoms with E-state index in [0.29, 0.717) is 30.3 Å². The highest BCUT2D eigenvalue weighted by Crippen LogP contribution is 2.34. The Bertz CT molecular complexity index is 1140. The maximum Gasteiger partial charge on any atom is 0.259 e. The summed E-state index contributed by atoms with van der Waals surface area (Å²) < 4.78 is 0. The zero-order valence-corrected chi connectivity index (χ0v) is 20.3. The van der Waals surface area contributed by atoms with Crippen molar-refractivity contribution in [3.8, 4) is 0 Å². The van der Waals surface area contributed by atoms with Gasteiger partial charge in [-0.2, -0.15) is 11.8 Å². The second-order valence-electron chi connectivity index (χ2n) is 8.37. The van der Waals surface area contributed by atoms with Gasteiger partial charge in [0.2, 0.25) is 5.91 Å². The lowest BCUT2D eigenvalue weighted by Crippen LogP contribution is -2.25. The number of amides is 1. The second-order valence-corrected chi connectivity index (χ2v) is 10.6. The normalized spacial score (nSPS) is 12.8. The van der Waals surface area contributed by atoms with Crippen molar-refractivity contribution in [3.63, 3.8) is 0 Å². The monoisotopic (exact) mass is 470 g/mol. The smallest absolute Gasteiger partial charge is 0.259 e. The van der Waals surface area contributed by atoms with Crippen molar-refractivity contribution in [2.24, 2.45) is 0 Å². The van der Waals surface area contributed by atoms with Gasteiger partial charge in [0, 0.05) is 43.4 Å². The molecule has 0 saturated carbocycles. The molecule has 0 atom stereocenters. The van der Waals surface area contributed by atoms with Crippen molar-refractivity contribution in [2.45, 2.75) is 44.3 Å². The summed E-state index contributed by atoms with van der Waals surface area (Å²) in [6.45, 7) is 0.688. The Morgan fingerprint density at radius 1 is 1.25 bits per heavy atom. The number of benzene rings is 1. The standard InChI is InChI=1S/C24H30N4O2S2/c1-28(2)17-10-8-16(9-11-17)5-4-13-25-21(29)12-14-31-15-20-26-23(30)22-18-6-3-7-19(18)32-24(22)27-20/h8-11H,3-7,12-15H2,1-2H3,(H,25,29)(H,26,27,30). The lowest BCUT2D eigenvalue weighted by Gasteiger charge is -2.12. The molecule has 1 aliphatic rings. The topological polar surface area (TPSA) is 78.1 Å². The molecule has 0 bridgehead atoms. The van der Waals surface area contributed by atoms with E-state index in [1.165, 1.54) is 21.7 Å². The zero-order valence-electron chi connectivity index (χ0n) is 18.7. The largest absolute Gasteiger partial charge is 0.378 e. The van der Waals surface area contributed by atoms with E-state index in [1.807, 2.05) is 14.1 Å². The van der Waals surface area contributed by atoms with Crippen LogP contribution in [0.1, 0.15) is 41.1 Å². The number of carbonyl (C=O) groups is 1. The molecule has 8 heteroatoms. The predicted molar refractivity (Wildman–Crippen MR) is 135 cm³/mol. The summed E-state index contributed by atoms with van der Waals surface area (Å²) in [5.41, 5.74) is 3.67. The maximum atomic E-state index is 12.5. The first-order chi connectivity index (χ1) is 15.5. The van der Waals surface area contributed by atoms with Crippen molar-refractivity contribution in [3.05, 3.63) is 56.4 Å². The molecule has 170 valence electrons. The van der Waals surface area contributed by atoms with E-state index >= 15 is 0 Å². The Hall–Kier alpha value is -2.32. The molecule has 1 aromatic carbocycles. The number of aryl methyl sites for hydroxylation is 3. The average molecular weight is 471 g/mol. The van der Waals surface area contributed by atoms with Gasteiger partial charge in [-0.05, 0) is 55.4 Å². The minimum atomic E-state index is -0.0147. The van der Waals surface area contributed by atoms with Gasteiger partial charge in [0.1, 0.15) is 10.7 Å². The lowest BCUT2D eigenvalue weighted by molar-refractivity contribution is -0.120. The van der Waals surface area contributed by atoms with Crippen LogP contribution in [0.4, 0.5) is 5.69 Å². The van der Waals surface area contributed by atoms with Crippen LogP contribution in [0.15, 0.2) is 29.1 Å². The summed E-state index contributed by atoms with van der Waals surface area (Å²) in [6, 6.07) is 8.53. The molecule has 0 radical (unpaired) electrons. The van der Waals surface area contributed by atoms with Crippen LogP contribution in [0.2, 0.25) is 0 Å². The zero-order chi connectivity index (χ0) is 22.5. The fourth-order valence-electron chi connectivity index (χ4n) is 4.02. The molecule has 0 aliphatic heterocycles. The SMILES string of the molecule is CN(C)c1ccc(CCCNC(=O)CCSCc2nc3sc4c(c3c(=O)[nH]2)CCC4)cc1. The second kappa shape index (κ2) is 10.5. The molecule has 0 saturated heterocycles. The number of nitrogens with zero attached hydrogens (tertiary/aromatic N) is 2. The molecule has 1 amide bonds. The van der Waals surface area contributed by atoms with Gasteiger partial charge in [-0.15, -0.1) is 11.3 Å². The van der Waals surface area contributed by atoms with E-state index in [4.69, 9.17) is 0 Å². The number of carbonyl (C=O) groups excluding carboxylic acids is 1. The first-order valence-electron chi connectivity index (χ1n) is 11.2. The fraction of sp³-hybridized carbons (Fsp3) is 0.458. The fourth-order valence-corrected chi connectivity index (χ4v) is 6.10. The van der Waals surface area contributed by atoms with Crippen molar-refractivity contribution < 1.29 is 4.79 Å². The summed E-state index contributed by atoms with van der Waals surface area (Å²) in [5, 5.41) is 3.80. The minimum absolute atomic E-state index is 0.0147. The van der Waals surface area contributed by atoms with Gasteiger partial charge in [-0.3, -0.25) is 9.59 Å². The Morgan fingerprint density at radius 2 is 2.06 bits per heavy atom. The number of fused-ring (bicyclic) bond motifs is 3. The van der Waals surface area contributed by atoms with Crippen molar-refractivity contribution >= 4 is 44.9 Å². The molecule has 2 aromatic heterocycles. The molecule has 2 heterocycles. The minimum Gasteiger partial charge on any atom is -0.378 e. The highest BCUT2D eigenvalue weighted by molar-refractivity contribution is 7.98. The third kappa shape index (κ3) is 5.53. The van der Waals surface area contributed by atoms with Crippen LogP contribution in [-0.2, 0) is 29.8 Å². The number of nitrogens with one attached hydrogen (secondary N) is 2. The molecule has 2 N–H and O–H groups in total. The highest BCUT2D eigenvalue weighted by atomic mass is 32.2. The van der Waals surface area contributed by atoms with E-state index in [1.54, 1.807) is 23.1 Å². The van der Waals surface area contributed by atoms with Crippen LogP contribution in [0.25, 0.3) is 10.2 Å². The van der Waals surface area contributed by atoms with Crippen LogP contribution in [0.5, 0.6) is 0 Å². The van der Waals surface area contributed by atoms with Crippen molar-refractivity contribution in [1.82, 2.24) is 15.3 Å². The molecule has 6 nitrogen and oxygen atoms in total. The van der Waals surface area contributed by atoms with Gasteiger partial charge in [0.05, 0.1) is 11.1 Å². The number of rotatable bonds is 10. The van der Waals surface area contributed by atoms with Gasteiger partial charge < -0.3 is 15.2 Å². The number of thioether (sulfide) groups is 1. The number of thiophene rings is 1. The molecular weight excluding hydrogens is 440 g/mol. The van der Waals surface area contributed by atoms with Crippen molar-refractivity contribution in [2.75, 3.05) is 31.3 Å². The van der Waals surface area contributed by atoms with E-state index in [0.717, 1.165) is 42.3 Å². The third-order valence-corrected chi connectivity index (χ3v) is 7.91. The number of aromatic amines is 1. The van der Waals surface area contributed by atoms with Gasteiger partial charge >= 0.3 is 0 Å². The van der Waals surface area contributed by atoms with Crippen LogP contribution in [0, 0.1) is 0 Å². The van der Waals surface area contributed by atoms with Crippen LogP contribution in [-0.4, -0.2) is 42.3 Å². The first kappa shape index (κ1) is 22.9. The molecule has 0 unspecified atom stereocenters. The maximum absolute atomic E-state index is 12.5. The molecular formula is C24H30N4O2S2. The van der Waals surface area contributed by atoms with E-state index in [9.17, 15) is 9.59 Å². The molecule has 1 aliphatic carbocycles. The van der Waals surface area contributed by atoms with Crippen LogP contribution in [0.3, 0.4) is 0 Å². The summed E-state index contributed by atoms with van der Waals surface area (Å²) in [4.78, 5) is 36.5. The third-order valence-electron chi connectivity index (χ3n) is 5.75. The van der Waals surface area contributed by atoms with Gasteiger partial charge in [-0.25, -0.2) is 4.98 Å². The molecule has 0 fully saturated rings. The Kier molecular flexibility index (Phi) is 7.52. The number of anilines is 1. The number of aromatic nitrogens is 2. The van der Waals surface area contributed by atoms with Crippen molar-refractivity contribution in [1.29, 1.82) is 0 Å². The van der Waals surface area contributed by atoms with E-state index in [2.05, 4.69) is 44.5 Å². The number of hydrogen-bond donors (Lipinski definition) is 2. The molecule has 0 spiro atoms. The summed E-state index contributed by atoms with van der Waals surface area (Å²) in [5.74, 6) is 2.10. The van der Waals surface area contributed by atoms with Gasteiger partial charge in [0.25, 0.3) is 5.56 Å². The predicted octanol–water partition coefficient (Wildman–Crippen LogP) is 3.91. The van der Waals surface area contributed by atoms with Crippen LogP contribution >= 0.6 is 23.1 Å². The molecule has 3 aromatic rings. The van der Waals surface area contributed by atoms with Gasteiger partial charge in [0.15, 0.2) is 0 Å². The number of hydrogen-bond acceptors (Lipinski definition) is 6. The Labute approximate surface area is 196 Å². The van der Waals surface area contributed by atoms with Crippen LogP contribution < -0.4 is 15.8 Å². The Balaban J connectivity index is 1.14. The Morgan fingerprint density at radius 3 is 2.84 bits per heavy atom. The molecule has 32 heavy (non-hydrogen) atoms. The first-order valence-corrected chi connectivity index (χ1v) is 13.1. The lowest BCUT2D eigenvalue weighted by atomic mass is 10.1. The quantitative estimate of drug-likeness (QED) is 0.439. The highest BCUT2D eigenvalue weighted by Gasteiger charge is 2.21. The number of H-pyrrole nitrogens is 1. The van der Waals surface area contributed by atoms with E-state index in [-0.39, 0.29) is 11.5 Å². The summed E-state index contributed by atoms with van der Waals surface area (Å²) in [6.07, 6.45) is 5.55. The average Bonchev–Trinajstić information content (AvgIpc) is 3.35. The van der Waals surface area contributed by atoms with E-state index < -0.39 is 0 Å². The summed E-state index contributed by atoms with van der Waals surface area (Å²) >= 11 is 3.29.